The summed E-state index contributed by atoms with van der Waals surface area (Å²) in [5.74, 6) is 0.0876. The van der Waals surface area contributed by atoms with E-state index in [1.807, 2.05) is 37.3 Å². The number of primary amides is 1. The summed E-state index contributed by atoms with van der Waals surface area (Å²) < 4.78 is 7.37. The number of amides is 1. The Balaban J connectivity index is 1.89. The van der Waals surface area contributed by atoms with Gasteiger partial charge < -0.3 is 10.5 Å². The molecular formula is C18H15N5O2. The highest BCUT2D eigenvalue weighted by molar-refractivity contribution is 6.11. The molecule has 7 nitrogen and oxygen atoms in total. The van der Waals surface area contributed by atoms with Gasteiger partial charge in [0.2, 0.25) is 0 Å². The number of carbonyl (C=O) groups excluding carboxylic acids is 1. The van der Waals surface area contributed by atoms with E-state index in [1.165, 1.54) is 0 Å². The van der Waals surface area contributed by atoms with E-state index in [-0.39, 0.29) is 11.7 Å². The summed E-state index contributed by atoms with van der Waals surface area (Å²) in [6.07, 6.45) is 1.68. The maximum absolute atomic E-state index is 11.6. The van der Waals surface area contributed by atoms with Crippen molar-refractivity contribution in [1.29, 1.82) is 0 Å². The number of aryl methyl sites for hydroxylation is 2. The number of rotatable bonds is 3. The van der Waals surface area contributed by atoms with Crippen LogP contribution in [0.15, 0.2) is 42.6 Å². The molecule has 7 heteroatoms. The molecule has 124 valence electrons. The van der Waals surface area contributed by atoms with E-state index in [2.05, 4.69) is 15.1 Å². The number of ether oxygens (including phenoxy) is 1. The molecule has 1 amide bonds. The summed E-state index contributed by atoms with van der Waals surface area (Å²) in [7, 11) is 1.75. The van der Waals surface area contributed by atoms with Gasteiger partial charge in [0.1, 0.15) is 11.3 Å². The van der Waals surface area contributed by atoms with Crippen molar-refractivity contribution in [3.05, 3.63) is 53.9 Å². The zero-order chi connectivity index (χ0) is 17.6. The van der Waals surface area contributed by atoms with Crippen molar-refractivity contribution in [2.45, 2.75) is 6.92 Å². The van der Waals surface area contributed by atoms with Crippen LogP contribution in [0.3, 0.4) is 0 Å². The van der Waals surface area contributed by atoms with Gasteiger partial charge in [-0.25, -0.2) is 4.98 Å². The quantitative estimate of drug-likeness (QED) is 0.622. The molecule has 0 fully saturated rings. The lowest BCUT2D eigenvalue weighted by molar-refractivity contribution is 0.0996. The third-order valence-electron chi connectivity index (χ3n) is 3.96. The first-order valence-electron chi connectivity index (χ1n) is 7.70. The molecule has 2 N–H and O–H groups in total. The summed E-state index contributed by atoms with van der Waals surface area (Å²) in [5.41, 5.74) is 8.08. The zero-order valence-electron chi connectivity index (χ0n) is 13.7. The van der Waals surface area contributed by atoms with E-state index in [9.17, 15) is 4.79 Å². The number of hydrogen-bond donors (Lipinski definition) is 1. The van der Waals surface area contributed by atoms with Crippen LogP contribution in [-0.2, 0) is 7.05 Å². The molecule has 0 saturated heterocycles. The number of benzene rings is 2. The smallest absolute Gasteiger partial charge is 0.322 e. The molecule has 0 aliphatic carbocycles. The van der Waals surface area contributed by atoms with Gasteiger partial charge in [0.05, 0.1) is 5.52 Å². The van der Waals surface area contributed by atoms with Gasteiger partial charge in [-0.1, -0.05) is 18.2 Å². The van der Waals surface area contributed by atoms with E-state index in [0.29, 0.717) is 22.2 Å². The van der Waals surface area contributed by atoms with Gasteiger partial charge in [-0.05, 0) is 30.7 Å². The molecule has 2 aromatic carbocycles. The Morgan fingerprint density at radius 3 is 2.84 bits per heavy atom. The maximum Gasteiger partial charge on any atom is 0.322 e. The Hall–Kier alpha value is -3.48. The number of nitrogens with zero attached hydrogens (tertiary/aromatic N) is 4. The van der Waals surface area contributed by atoms with Crippen LogP contribution >= 0.6 is 0 Å². The second-order valence-electron chi connectivity index (χ2n) is 5.81. The number of aromatic nitrogens is 4. The highest BCUT2D eigenvalue weighted by Crippen LogP contribution is 2.28. The van der Waals surface area contributed by atoms with Gasteiger partial charge in [-0.3, -0.25) is 9.48 Å². The molecule has 0 atom stereocenters. The minimum Gasteiger partial charge on any atom is -0.424 e. The number of nitrogens with two attached hydrogens (primary N) is 1. The standard InChI is InChI=1S/C18H15N5O2/c1-10-4-3-5-12(8-10)25-18-20-9-11-6-7-13-15(17(19)24)22-23(2)16(13)14(11)21-18/h3-9H,1-2H3,(H2,19,24). The molecule has 0 aliphatic rings. The lowest BCUT2D eigenvalue weighted by Gasteiger charge is -2.06. The Labute approximate surface area is 143 Å². The molecule has 0 radical (unpaired) electrons. The van der Waals surface area contributed by atoms with Gasteiger partial charge in [-0.2, -0.15) is 10.1 Å². The van der Waals surface area contributed by atoms with Crippen molar-refractivity contribution < 1.29 is 9.53 Å². The zero-order valence-corrected chi connectivity index (χ0v) is 13.7. The Bertz CT molecular complexity index is 1130. The molecule has 2 aromatic heterocycles. The molecule has 0 spiro atoms. The molecule has 4 rings (SSSR count). The van der Waals surface area contributed by atoms with E-state index >= 15 is 0 Å². The van der Waals surface area contributed by atoms with Crippen molar-refractivity contribution in [3.8, 4) is 11.8 Å². The van der Waals surface area contributed by atoms with E-state index in [4.69, 9.17) is 10.5 Å². The number of carbonyl (C=O) groups is 1. The van der Waals surface area contributed by atoms with Crippen LogP contribution in [0.5, 0.6) is 11.8 Å². The van der Waals surface area contributed by atoms with Crippen LogP contribution in [-0.4, -0.2) is 25.7 Å². The fourth-order valence-electron chi connectivity index (χ4n) is 2.85. The topological polar surface area (TPSA) is 95.9 Å². The van der Waals surface area contributed by atoms with Crippen molar-refractivity contribution in [2.75, 3.05) is 0 Å². The van der Waals surface area contributed by atoms with Gasteiger partial charge in [0.25, 0.3) is 5.91 Å². The predicted molar refractivity (Wildman–Crippen MR) is 93.6 cm³/mol. The van der Waals surface area contributed by atoms with E-state index in [1.54, 1.807) is 24.0 Å². The summed E-state index contributed by atoms with van der Waals surface area (Å²) in [4.78, 5) is 20.4. The van der Waals surface area contributed by atoms with Crippen LogP contribution in [0.4, 0.5) is 0 Å². The molecular weight excluding hydrogens is 318 g/mol. The first-order chi connectivity index (χ1) is 12.0. The van der Waals surface area contributed by atoms with Crippen molar-refractivity contribution >= 4 is 27.7 Å². The van der Waals surface area contributed by atoms with Crippen molar-refractivity contribution in [3.63, 3.8) is 0 Å². The molecule has 0 saturated carbocycles. The maximum atomic E-state index is 11.6. The van der Waals surface area contributed by atoms with Gasteiger partial charge in [0, 0.05) is 24.0 Å². The van der Waals surface area contributed by atoms with Gasteiger partial charge in [-0.15, -0.1) is 0 Å². The first kappa shape index (κ1) is 15.1. The molecule has 0 bridgehead atoms. The van der Waals surface area contributed by atoms with Gasteiger partial charge >= 0.3 is 6.01 Å². The van der Waals surface area contributed by atoms with Crippen molar-refractivity contribution in [1.82, 2.24) is 19.7 Å². The van der Waals surface area contributed by atoms with E-state index < -0.39 is 5.91 Å². The molecule has 25 heavy (non-hydrogen) atoms. The normalized spacial score (nSPS) is 11.1. The van der Waals surface area contributed by atoms with E-state index in [0.717, 1.165) is 10.9 Å². The fourth-order valence-corrected chi connectivity index (χ4v) is 2.85. The van der Waals surface area contributed by atoms with Crippen LogP contribution in [0.1, 0.15) is 16.1 Å². The van der Waals surface area contributed by atoms with Crippen LogP contribution < -0.4 is 10.5 Å². The average Bonchev–Trinajstić information content (AvgIpc) is 2.92. The lowest BCUT2D eigenvalue weighted by Crippen LogP contribution is -2.12. The highest BCUT2D eigenvalue weighted by atomic mass is 16.5. The fraction of sp³-hybridized carbons (Fsp3) is 0.111. The average molecular weight is 333 g/mol. The second kappa shape index (κ2) is 5.55. The third kappa shape index (κ3) is 2.55. The largest absolute Gasteiger partial charge is 0.424 e. The summed E-state index contributed by atoms with van der Waals surface area (Å²) in [5, 5.41) is 5.68. The summed E-state index contributed by atoms with van der Waals surface area (Å²) in [6, 6.07) is 11.5. The van der Waals surface area contributed by atoms with Crippen LogP contribution in [0.2, 0.25) is 0 Å². The Kier molecular flexibility index (Phi) is 3.35. The summed E-state index contributed by atoms with van der Waals surface area (Å²) in [6.45, 7) is 1.98. The van der Waals surface area contributed by atoms with Gasteiger partial charge in [0.15, 0.2) is 5.69 Å². The SMILES string of the molecule is Cc1cccc(Oc2ncc3ccc4c(C(N)=O)nn(C)c4c3n2)c1. The molecule has 0 unspecified atom stereocenters. The highest BCUT2D eigenvalue weighted by Gasteiger charge is 2.17. The molecule has 2 heterocycles. The van der Waals surface area contributed by atoms with Crippen LogP contribution in [0, 0.1) is 6.92 Å². The predicted octanol–water partition coefficient (Wildman–Crippen LogP) is 2.72. The number of hydrogen-bond acceptors (Lipinski definition) is 5. The second-order valence-corrected chi connectivity index (χ2v) is 5.81. The van der Waals surface area contributed by atoms with Crippen LogP contribution in [0.25, 0.3) is 21.8 Å². The summed E-state index contributed by atoms with van der Waals surface area (Å²) >= 11 is 0. The lowest BCUT2D eigenvalue weighted by atomic mass is 10.1. The Morgan fingerprint density at radius 2 is 2.08 bits per heavy atom. The number of fused-ring (bicyclic) bond motifs is 3. The Morgan fingerprint density at radius 1 is 1.24 bits per heavy atom. The minimum absolute atomic E-state index is 0.221. The monoisotopic (exact) mass is 333 g/mol. The van der Waals surface area contributed by atoms with Crippen molar-refractivity contribution in [2.24, 2.45) is 12.8 Å². The minimum atomic E-state index is -0.574. The third-order valence-corrected chi connectivity index (χ3v) is 3.96. The molecule has 4 aromatic rings. The molecule has 0 aliphatic heterocycles. The first-order valence-corrected chi connectivity index (χ1v) is 7.70.